The summed E-state index contributed by atoms with van der Waals surface area (Å²) >= 11 is 0. The van der Waals surface area contributed by atoms with Crippen LogP contribution in [0.5, 0.6) is 0 Å². The lowest BCUT2D eigenvalue weighted by Gasteiger charge is -2.13. The summed E-state index contributed by atoms with van der Waals surface area (Å²) in [6, 6.07) is 4.21. The molecule has 3 nitrogen and oxygen atoms in total. The number of nitrogens with two attached hydrogens (primary N) is 1. The first-order chi connectivity index (χ1) is 6.69. The molecule has 0 saturated carbocycles. The molecule has 0 aliphatic carbocycles. The van der Waals surface area contributed by atoms with Crippen molar-refractivity contribution in [3.8, 4) is 0 Å². The molecule has 0 saturated heterocycles. The number of halogens is 1. The van der Waals surface area contributed by atoms with E-state index in [2.05, 4.69) is 0 Å². The molecule has 0 bridgehead atoms. The van der Waals surface area contributed by atoms with Gasteiger partial charge in [-0.2, -0.15) is 0 Å². The van der Waals surface area contributed by atoms with Gasteiger partial charge < -0.3 is 15.6 Å². The van der Waals surface area contributed by atoms with E-state index in [1.807, 2.05) is 0 Å². The second-order valence-electron chi connectivity index (χ2n) is 3.03. The highest BCUT2D eigenvalue weighted by molar-refractivity contribution is 5.29. The summed E-state index contributed by atoms with van der Waals surface area (Å²) in [7, 11) is 1.54. The van der Waals surface area contributed by atoms with E-state index in [4.69, 9.17) is 10.5 Å². The molecule has 0 fully saturated rings. The standard InChI is InChI=1S/C10H14FNO2/c1-14-6-7-2-3-8(11)4-9(7)10(13)5-12/h2-4,10,13H,5-6,12H2,1H3. The van der Waals surface area contributed by atoms with E-state index in [-0.39, 0.29) is 12.4 Å². The lowest BCUT2D eigenvalue weighted by molar-refractivity contribution is 0.165. The van der Waals surface area contributed by atoms with Crippen molar-refractivity contribution in [3.05, 3.63) is 35.1 Å². The van der Waals surface area contributed by atoms with Crippen LogP contribution in [0.15, 0.2) is 18.2 Å². The van der Waals surface area contributed by atoms with E-state index < -0.39 is 6.10 Å². The molecule has 0 amide bonds. The fraction of sp³-hybridized carbons (Fsp3) is 0.400. The molecule has 0 aliphatic rings. The molecule has 1 atom stereocenters. The van der Waals surface area contributed by atoms with E-state index in [9.17, 15) is 9.50 Å². The number of ether oxygens (including phenoxy) is 1. The molecular formula is C10H14FNO2. The number of hydrogen-bond donors (Lipinski definition) is 2. The molecule has 0 aromatic heterocycles. The third-order valence-electron chi connectivity index (χ3n) is 1.99. The van der Waals surface area contributed by atoms with Crippen LogP contribution in [0.2, 0.25) is 0 Å². The summed E-state index contributed by atoms with van der Waals surface area (Å²) in [5, 5.41) is 9.51. The van der Waals surface area contributed by atoms with E-state index in [0.717, 1.165) is 5.56 Å². The summed E-state index contributed by atoms with van der Waals surface area (Å²) in [6.45, 7) is 0.410. The highest BCUT2D eigenvalue weighted by atomic mass is 19.1. The van der Waals surface area contributed by atoms with Crippen molar-refractivity contribution in [1.29, 1.82) is 0 Å². The van der Waals surface area contributed by atoms with Gasteiger partial charge in [0.1, 0.15) is 5.82 Å². The zero-order valence-corrected chi connectivity index (χ0v) is 8.03. The van der Waals surface area contributed by atoms with Crippen LogP contribution >= 0.6 is 0 Å². The Morgan fingerprint density at radius 3 is 2.86 bits per heavy atom. The van der Waals surface area contributed by atoms with Gasteiger partial charge in [-0.15, -0.1) is 0 Å². The van der Waals surface area contributed by atoms with Crippen molar-refractivity contribution in [1.82, 2.24) is 0 Å². The van der Waals surface area contributed by atoms with Crippen molar-refractivity contribution >= 4 is 0 Å². The van der Waals surface area contributed by atoms with Gasteiger partial charge >= 0.3 is 0 Å². The van der Waals surface area contributed by atoms with Crippen molar-refractivity contribution in [2.75, 3.05) is 13.7 Å². The Morgan fingerprint density at radius 2 is 2.29 bits per heavy atom. The predicted octanol–water partition coefficient (Wildman–Crippen LogP) is 0.964. The Morgan fingerprint density at radius 1 is 1.57 bits per heavy atom. The van der Waals surface area contributed by atoms with Crippen molar-refractivity contribution < 1.29 is 14.2 Å². The van der Waals surface area contributed by atoms with Crippen LogP contribution in [0.1, 0.15) is 17.2 Å². The molecule has 0 spiro atoms. The lowest BCUT2D eigenvalue weighted by atomic mass is 10.0. The SMILES string of the molecule is COCc1ccc(F)cc1C(O)CN. The molecule has 4 heteroatoms. The molecule has 3 N–H and O–H groups in total. The van der Waals surface area contributed by atoms with Gasteiger partial charge in [-0.1, -0.05) is 6.07 Å². The number of hydrogen-bond acceptors (Lipinski definition) is 3. The third kappa shape index (κ3) is 2.51. The average Bonchev–Trinajstić information content (AvgIpc) is 2.20. The summed E-state index contributed by atoms with van der Waals surface area (Å²) < 4.78 is 17.8. The zero-order chi connectivity index (χ0) is 10.6. The van der Waals surface area contributed by atoms with Gasteiger partial charge in [-0.3, -0.25) is 0 Å². The lowest BCUT2D eigenvalue weighted by Crippen LogP contribution is -2.14. The van der Waals surface area contributed by atoms with Crippen LogP contribution in [-0.4, -0.2) is 18.8 Å². The van der Waals surface area contributed by atoms with E-state index in [1.54, 1.807) is 13.2 Å². The molecule has 14 heavy (non-hydrogen) atoms. The summed E-state index contributed by atoms with van der Waals surface area (Å²) in [4.78, 5) is 0. The monoisotopic (exact) mass is 199 g/mol. The normalized spacial score (nSPS) is 12.9. The fourth-order valence-corrected chi connectivity index (χ4v) is 1.29. The van der Waals surface area contributed by atoms with E-state index >= 15 is 0 Å². The number of aliphatic hydroxyl groups excluding tert-OH is 1. The van der Waals surface area contributed by atoms with Crippen LogP contribution in [0, 0.1) is 5.82 Å². The van der Waals surface area contributed by atoms with Gasteiger partial charge in [0.15, 0.2) is 0 Å². The van der Waals surface area contributed by atoms with Crippen LogP contribution in [-0.2, 0) is 11.3 Å². The highest BCUT2D eigenvalue weighted by Gasteiger charge is 2.11. The average molecular weight is 199 g/mol. The first-order valence-electron chi connectivity index (χ1n) is 4.34. The summed E-state index contributed by atoms with van der Waals surface area (Å²) in [5.41, 5.74) is 6.56. The molecule has 0 aliphatic heterocycles. The zero-order valence-electron chi connectivity index (χ0n) is 8.03. The molecule has 1 aromatic carbocycles. The minimum atomic E-state index is -0.837. The maximum absolute atomic E-state index is 12.9. The smallest absolute Gasteiger partial charge is 0.123 e. The Labute approximate surface area is 82.3 Å². The van der Waals surface area contributed by atoms with Gasteiger partial charge in [0.05, 0.1) is 12.7 Å². The van der Waals surface area contributed by atoms with Crippen LogP contribution in [0.4, 0.5) is 4.39 Å². The van der Waals surface area contributed by atoms with Crippen molar-refractivity contribution in [3.63, 3.8) is 0 Å². The topological polar surface area (TPSA) is 55.5 Å². The Kier molecular flexibility index (Phi) is 4.00. The van der Waals surface area contributed by atoms with E-state index in [0.29, 0.717) is 12.2 Å². The maximum atomic E-state index is 12.9. The van der Waals surface area contributed by atoms with Crippen LogP contribution in [0.3, 0.4) is 0 Å². The second kappa shape index (κ2) is 5.05. The Hall–Kier alpha value is -0.970. The van der Waals surface area contributed by atoms with Crippen molar-refractivity contribution in [2.45, 2.75) is 12.7 Å². The minimum Gasteiger partial charge on any atom is -0.387 e. The van der Waals surface area contributed by atoms with Gasteiger partial charge in [0, 0.05) is 13.7 Å². The largest absolute Gasteiger partial charge is 0.387 e. The highest BCUT2D eigenvalue weighted by Crippen LogP contribution is 2.19. The summed E-state index contributed by atoms with van der Waals surface area (Å²) in [6.07, 6.45) is -0.837. The molecule has 1 unspecified atom stereocenters. The predicted molar refractivity (Wildman–Crippen MR) is 51.1 cm³/mol. The van der Waals surface area contributed by atoms with Gasteiger partial charge in [0.2, 0.25) is 0 Å². The second-order valence-corrected chi connectivity index (χ2v) is 3.03. The van der Waals surface area contributed by atoms with Crippen LogP contribution in [0.25, 0.3) is 0 Å². The van der Waals surface area contributed by atoms with E-state index in [1.165, 1.54) is 12.1 Å². The third-order valence-corrected chi connectivity index (χ3v) is 1.99. The quantitative estimate of drug-likeness (QED) is 0.759. The molecule has 78 valence electrons. The number of rotatable bonds is 4. The number of methoxy groups -OCH3 is 1. The molecular weight excluding hydrogens is 185 g/mol. The summed E-state index contributed by atoms with van der Waals surface area (Å²) in [5.74, 6) is -0.382. The van der Waals surface area contributed by atoms with Gasteiger partial charge in [-0.05, 0) is 23.3 Å². The van der Waals surface area contributed by atoms with Crippen molar-refractivity contribution in [2.24, 2.45) is 5.73 Å². The fourth-order valence-electron chi connectivity index (χ4n) is 1.29. The minimum absolute atomic E-state index is 0.0696. The van der Waals surface area contributed by atoms with Gasteiger partial charge in [0.25, 0.3) is 0 Å². The molecule has 0 radical (unpaired) electrons. The van der Waals surface area contributed by atoms with Crippen LogP contribution < -0.4 is 5.73 Å². The molecule has 1 rings (SSSR count). The molecule has 0 heterocycles. The first kappa shape index (κ1) is 11.1. The Balaban J connectivity index is 3.02. The van der Waals surface area contributed by atoms with Gasteiger partial charge in [-0.25, -0.2) is 4.39 Å². The number of benzene rings is 1. The first-order valence-corrected chi connectivity index (χ1v) is 4.34. The number of aliphatic hydroxyl groups is 1. The molecule has 1 aromatic rings. The Bertz CT molecular complexity index is 304. The maximum Gasteiger partial charge on any atom is 0.123 e.